The molecule has 1 aliphatic rings. The lowest BCUT2D eigenvalue weighted by Gasteiger charge is -2.19. The first-order chi connectivity index (χ1) is 7.11. The van der Waals surface area contributed by atoms with E-state index in [2.05, 4.69) is 5.32 Å². The normalized spacial score (nSPS) is 14.3. The van der Waals surface area contributed by atoms with Crippen LogP contribution in [0.15, 0.2) is 6.07 Å². The van der Waals surface area contributed by atoms with Gasteiger partial charge in [-0.25, -0.2) is 13.6 Å². The van der Waals surface area contributed by atoms with Gasteiger partial charge >= 0.3 is 5.97 Å². The molecule has 80 valence electrons. The molecule has 3 nitrogen and oxygen atoms in total. The summed E-state index contributed by atoms with van der Waals surface area (Å²) in [7, 11) is 0. The van der Waals surface area contributed by atoms with E-state index in [1.807, 2.05) is 0 Å². The second-order valence-corrected chi connectivity index (χ2v) is 3.41. The van der Waals surface area contributed by atoms with Gasteiger partial charge in [-0.2, -0.15) is 0 Å². The minimum atomic E-state index is -1.44. The van der Waals surface area contributed by atoms with E-state index in [-0.39, 0.29) is 11.3 Å². The Balaban J connectivity index is 2.64. The zero-order valence-electron chi connectivity index (χ0n) is 7.81. The van der Waals surface area contributed by atoms with Gasteiger partial charge in [-0.3, -0.25) is 0 Å². The fourth-order valence-electron chi connectivity index (χ4n) is 1.74. The van der Waals surface area contributed by atoms with Gasteiger partial charge in [0.2, 0.25) is 0 Å². The van der Waals surface area contributed by atoms with Gasteiger partial charge in [0.25, 0.3) is 0 Å². The first-order valence-corrected chi connectivity index (χ1v) is 4.59. The van der Waals surface area contributed by atoms with Gasteiger partial charge in [0, 0.05) is 12.1 Å². The molecule has 0 spiro atoms. The third kappa shape index (κ3) is 1.54. The summed E-state index contributed by atoms with van der Waals surface area (Å²) in [6.07, 6.45) is 1.04. The van der Waals surface area contributed by atoms with Crippen LogP contribution in [-0.2, 0) is 6.42 Å². The van der Waals surface area contributed by atoms with Gasteiger partial charge in [-0.1, -0.05) is 0 Å². The molecule has 2 rings (SSSR count). The minimum Gasteiger partial charge on any atom is -0.478 e. The molecule has 0 aliphatic carbocycles. The molecule has 0 bridgehead atoms. The highest BCUT2D eigenvalue weighted by Gasteiger charge is 2.23. The van der Waals surface area contributed by atoms with Crippen LogP contribution in [0, 0.1) is 11.6 Å². The zero-order valence-corrected chi connectivity index (χ0v) is 7.81. The van der Waals surface area contributed by atoms with E-state index in [0.717, 1.165) is 6.07 Å². The number of halogens is 2. The average molecular weight is 213 g/mol. The molecule has 1 aromatic rings. The van der Waals surface area contributed by atoms with Crippen molar-refractivity contribution in [2.24, 2.45) is 0 Å². The summed E-state index contributed by atoms with van der Waals surface area (Å²) in [4.78, 5) is 10.6. The molecule has 0 saturated heterocycles. The van der Waals surface area contributed by atoms with E-state index in [9.17, 15) is 13.6 Å². The third-order valence-electron chi connectivity index (χ3n) is 2.45. The Morgan fingerprint density at radius 3 is 2.87 bits per heavy atom. The molecule has 5 heteroatoms. The highest BCUT2D eigenvalue weighted by molar-refractivity contribution is 5.89. The molecule has 1 aliphatic heterocycles. The summed E-state index contributed by atoms with van der Waals surface area (Å²) in [5.74, 6) is -2.98. The fraction of sp³-hybridized carbons (Fsp3) is 0.300. The molecular formula is C10H9F2NO2. The molecule has 0 fully saturated rings. The lowest BCUT2D eigenvalue weighted by atomic mass is 9.99. The summed E-state index contributed by atoms with van der Waals surface area (Å²) in [5, 5.41) is 11.4. The summed E-state index contributed by atoms with van der Waals surface area (Å²) < 4.78 is 27.0. The third-order valence-corrected chi connectivity index (χ3v) is 2.45. The van der Waals surface area contributed by atoms with E-state index in [1.165, 1.54) is 0 Å². The Morgan fingerprint density at radius 2 is 2.20 bits per heavy atom. The number of aromatic carboxylic acids is 1. The van der Waals surface area contributed by atoms with Crippen LogP contribution in [0.1, 0.15) is 22.3 Å². The first kappa shape index (κ1) is 9.89. The Bertz CT molecular complexity index is 432. The Morgan fingerprint density at radius 1 is 1.47 bits per heavy atom. The predicted octanol–water partition coefficient (Wildman–Crippen LogP) is 2.02. The van der Waals surface area contributed by atoms with E-state index >= 15 is 0 Å². The van der Waals surface area contributed by atoms with Crippen molar-refractivity contribution in [1.82, 2.24) is 0 Å². The molecular weight excluding hydrogens is 204 g/mol. The number of benzene rings is 1. The van der Waals surface area contributed by atoms with Crippen LogP contribution < -0.4 is 5.32 Å². The van der Waals surface area contributed by atoms with Crippen LogP contribution in [-0.4, -0.2) is 17.6 Å². The molecule has 0 amide bonds. The quantitative estimate of drug-likeness (QED) is 0.750. The average Bonchev–Trinajstić information content (AvgIpc) is 2.23. The molecule has 0 aromatic heterocycles. The Hall–Kier alpha value is -1.65. The van der Waals surface area contributed by atoms with Crippen LogP contribution in [0.2, 0.25) is 0 Å². The Kier molecular flexibility index (Phi) is 2.30. The van der Waals surface area contributed by atoms with E-state index in [4.69, 9.17) is 5.11 Å². The van der Waals surface area contributed by atoms with Crippen molar-refractivity contribution in [3.63, 3.8) is 0 Å². The smallest absolute Gasteiger partial charge is 0.338 e. The second-order valence-electron chi connectivity index (χ2n) is 3.41. The SMILES string of the molecule is O=C(O)c1cc(F)c2c(c1F)CCCN2. The van der Waals surface area contributed by atoms with Crippen LogP contribution in [0.3, 0.4) is 0 Å². The van der Waals surface area contributed by atoms with Crippen LogP contribution in [0.5, 0.6) is 0 Å². The maximum atomic E-state index is 13.6. The van der Waals surface area contributed by atoms with E-state index in [0.29, 0.717) is 19.4 Å². The highest BCUT2D eigenvalue weighted by atomic mass is 19.1. The van der Waals surface area contributed by atoms with Crippen molar-refractivity contribution in [3.05, 3.63) is 28.8 Å². The minimum absolute atomic E-state index is 0.101. The number of carbonyl (C=O) groups is 1. The monoisotopic (exact) mass is 213 g/mol. The van der Waals surface area contributed by atoms with Crippen LogP contribution in [0.4, 0.5) is 14.5 Å². The van der Waals surface area contributed by atoms with Crippen LogP contribution >= 0.6 is 0 Å². The molecule has 15 heavy (non-hydrogen) atoms. The summed E-state index contributed by atoms with van der Waals surface area (Å²) in [6.45, 7) is 0.579. The molecule has 0 radical (unpaired) electrons. The summed E-state index contributed by atoms with van der Waals surface area (Å²) in [5.41, 5.74) is -0.364. The molecule has 1 aromatic carbocycles. The summed E-state index contributed by atoms with van der Waals surface area (Å²) in [6, 6.07) is 0.717. The maximum Gasteiger partial charge on any atom is 0.338 e. The van der Waals surface area contributed by atoms with Gasteiger partial charge in [-0.05, 0) is 18.9 Å². The van der Waals surface area contributed by atoms with Gasteiger partial charge in [0.05, 0.1) is 11.3 Å². The standard InChI is InChI=1S/C10H9F2NO2/c11-7-4-6(10(14)15)8(12)5-2-1-3-13-9(5)7/h4,13H,1-3H2,(H,14,15). The number of fused-ring (bicyclic) bond motifs is 1. The lowest BCUT2D eigenvalue weighted by Crippen LogP contribution is -2.17. The number of carboxylic acid groups (broad SMARTS) is 1. The largest absolute Gasteiger partial charge is 0.478 e. The van der Waals surface area contributed by atoms with Gasteiger partial charge in [0.1, 0.15) is 11.6 Å². The topological polar surface area (TPSA) is 49.3 Å². The lowest BCUT2D eigenvalue weighted by molar-refractivity contribution is 0.0691. The van der Waals surface area contributed by atoms with Crippen molar-refractivity contribution in [2.75, 3.05) is 11.9 Å². The van der Waals surface area contributed by atoms with E-state index < -0.39 is 23.2 Å². The number of rotatable bonds is 1. The van der Waals surface area contributed by atoms with E-state index in [1.54, 1.807) is 0 Å². The number of nitrogens with one attached hydrogen (secondary N) is 1. The maximum absolute atomic E-state index is 13.6. The van der Waals surface area contributed by atoms with Crippen molar-refractivity contribution < 1.29 is 18.7 Å². The van der Waals surface area contributed by atoms with Crippen molar-refractivity contribution >= 4 is 11.7 Å². The number of hydrogen-bond acceptors (Lipinski definition) is 2. The van der Waals surface area contributed by atoms with Gasteiger partial charge < -0.3 is 10.4 Å². The second kappa shape index (κ2) is 3.49. The fourth-order valence-corrected chi connectivity index (χ4v) is 1.74. The zero-order chi connectivity index (χ0) is 11.0. The predicted molar refractivity (Wildman–Crippen MR) is 50.1 cm³/mol. The van der Waals surface area contributed by atoms with Crippen LogP contribution in [0.25, 0.3) is 0 Å². The number of carboxylic acids is 1. The highest BCUT2D eigenvalue weighted by Crippen LogP contribution is 2.29. The van der Waals surface area contributed by atoms with Crippen molar-refractivity contribution in [1.29, 1.82) is 0 Å². The molecule has 0 saturated carbocycles. The molecule has 0 atom stereocenters. The summed E-state index contributed by atoms with van der Waals surface area (Å²) >= 11 is 0. The van der Waals surface area contributed by atoms with Gasteiger partial charge in [0.15, 0.2) is 0 Å². The van der Waals surface area contributed by atoms with Crippen molar-refractivity contribution in [2.45, 2.75) is 12.8 Å². The number of anilines is 1. The molecule has 2 N–H and O–H groups in total. The first-order valence-electron chi connectivity index (χ1n) is 4.59. The molecule has 0 unspecified atom stereocenters. The Labute approximate surface area is 84.7 Å². The number of hydrogen-bond donors (Lipinski definition) is 2. The molecule has 1 heterocycles. The van der Waals surface area contributed by atoms with Crippen molar-refractivity contribution in [3.8, 4) is 0 Å². The van der Waals surface area contributed by atoms with Gasteiger partial charge in [-0.15, -0.1) is 0 Å².